The van der Waals surface area contributed by atoms with Gasteiger partial charge in [-0.3, -0.25) is 0 Å². The summed E-state index contributed by atoms with van der Waals surface area (Å²) in [5.41, 5.74) is -0.382. The van der Waals surface area contributed by atoms with Crippen LogP contribution < -0.4 is 0 Å². The summed E-state index contributed by atoms with van der Waals surface area (Å²) >= 11 is 5.82. The van der Waals surface area contributed by atoms with Gasteiger partial charge in [0, 0.05) is 10.4 Å². The van der Waals surface area contributed by atoms with Crippen molar-refractivity contribution in [3.8, 4) is 0 Å². The lowest BCUT2D eigenvalue weighted by molar-refractivity contribution is 0.115. The molecule has 5 heteroatoms. The Morgan fingerprint density at radius 2 is 1.57 bits per heavy atom. The summed E-state index contributed by atoms with van der Waals surface area (Å²) in [6.45, 7) is -0.803. The van der Waals surface area contributed by atoms with Crippen LogP contribution in [0.25, 0.3) is 0 Å². The second kappa shape index (κ2) is 6.52. The minimum atomic E-state index is -1.10. The van der Waals surface area contributed by atoms with Gasteiger partial charge in [0.2, 0.25) is 0 Å². The van der Waals surface area contributed by atoms with Gasteiger partial charge in [-0.2, -0.15) is 0 Å². The standard InChI is InChI=1S/C16H15ClF2O2/c17-13-3-1-12(2-4-13)16(9-20,10-21)8-11-7-14(18)5-6-15(11)19/h1-7,20-21H,8-10H2. The quantitative estimate of drug-likeness (QED) is 0.891. The molecule has 112 valence electrons. The van der Waals surface area contributed by atoms with Gasteiger partial charge in [-0.15, -0.1) is 0 Å². The predicted molar refractivity (Wildman–Crippen MR) is 77.4 cm³/mol. The summed E-state index contributed by atoms with van der Waals surface area (Å²) in [7, 11) is 0. The Bertz CT molecular complexity index is 610. The lowest BCUT2D eigenvalue weighted by atomic mass is 9.76. The second-order valence-corrected chi connectivity index (χ2v) is 5.45. The number of hydrogen-bond acceptors (Lipinski definition) is 2. The fourth-order valence-corrected chi connectivity index (χ4v) is 2.42. The Morgan fingerprint density at radius 1 is 0.952 bits per heavy atom. The third-order valence-corrected chi connectivity index (χ3v) is 3.85. The molecule has 0 unspecified atom stereocenters. The molecule has 0 amide bonds. The highest BCUT2D eigenvalue weighted by Gasteiger charge is 2.32. The van der Waals surface area contributed by atoms with Gasteiger partial charge in [-0.25, -0.2) is 8.78 Å². The van der Waals surface area contributed by atoms with E-state index in [1.165, 1.54) is 0 Å². The summed E-state index contributed by atoms with van der Waals surface area (Å²) in [5.74, 6) is -1.14. The molecule has 0 aliphatic heterocycles. The van der Waals surface area contributed by atoms with Gasteiger partial charge in [0.1, 0.15) is 11.6 Å². The molecule has 0 bridgehead atoms. The van der Waals surface area contributed by atoms with Crippen LogP contribution in [0.2, 0.25) is 5.02 Å². The number of aliphatic hydroxyl groups excluding tert-OH is 2. The Morgan fingerprint density at radius 3 is 2.14 bits per heavy atom. The van der Waals surface area contributed by atoms with Crippen LogP contribution in [0.15, 0.2) is 42.5 Å². The van der Waals surface area contributed by atoms with E-state index in [4.69, 9.17) is 11.6 Å². The van der Waals surface area contributed by atoms with E-state index < -0.39 is 30.3 Å². The van der Waals surface area contributed by atoms with Crippen molar-refractivity contribution in [3.63, 3.8) is 0 Å². The van der Waals surface area contributed by atoms with Crippen LogP contribution in [0, 0.1) is 11.6 Å². The molecule has 0 aliphatic carbocycles. The van der Waals surface area contributed by atoms with E-state index in [2.05, 4.69) is 0 Å². The zero-order valence-corrected chi connectivity index (χ0v) is 11.9. The van der Waals surface area contributed by atoms with E-state index in [0.717, 1.165) is 18.2 Å². The van der Waals surface area contributed by atoms with Crippen molar-refractivity contribution >= 4 is 11.6 Å². The molecule has 0 saturated heterocycles. The van der Waals surface area contributed by atoms with Crippen molar-refractivity contribution in [1.82, 2.24) is 0 Å². The largest absolute Gasteiger partial charge is 0.395 e. The number of halogens is 3. The molecule has 0 aromatic heterocycles. The highest BCUT2D eigenvalue weighted by atomic mass is 35.5. The van der Waals surface area contributed by atoms with Crippen LogP contribution in [0.4, 0.5) is 8.78 Å². The molecular weight excluding hydrogens is 298 g/mol. The van der Waals surface area contributed by atoms with Crippen LogP contribution in [-0.4, -0.2) is 23.4 Å². The van der Waals surface area contributed by atoms with Gasteiger partial charge >= 0.3 is 0 Å². The molecule has 0 aliphatic rings. The third-order valence-electron chi connectivity index (χ3n) is 3.60. The van der Waals surface area contributed by atoms with Crippen LogP contribution in [-0.2, 0) is 11.8 Å². The molecular formula is C16H15ClF2O2. The highest BCUT2D eigenvalue weighted by molar-refractivity contribution is 6.30. The van der Waals surface area contributed by atoms with Gasteiger partial charge in [0.05, 0.1) is 13.2 Å². The Kier molecular flexibility index (Phi) is 4.93. The number of aliphatic hydroxyl groups is 2. The predicted octanol–water partition coefficient (Wildman–Crippen LogP) is 3.08. The lowest BCUT2D eigenvalue weighted by Gasteiger charge is -2.30. The van der Waals surface area contributed by atoms with Crippen LogP contribution >= 0.6 is 11.6 Å². The highest BCUT2D eigenvalue weighted by Crippen LogP contribution is 2.30. The molecule has 2 rings (SSSR count). The van der Waals surface area contributed by atoms with Gasteiger partial charge in [0.25, 0.3) is 0 Å². The molecule has 0 radical (unpaired) electrons. The third kappa shape index (κ3) is 3.40. The summed E-state index contributed by atoms with van der Waals surface area (Å²) in [5, 5.41) is 19.9. The average molecular weight is 313 g/mol. The summed E-state index contributed by atoms with van der Waals surface area (Å²) < 4.78 is 27.1. The van der Waals surface area contributed by atoms with E-state index in [1.54, 1.807) is 24.3 Å². The van der Waals surface area contributed by atoms with Crippen molar-refractivity contribution in [2.75, 3.05) is 13.2 Å². The van der Waals surface area contributed by atoms with E-state index >= 15 is 0 Å². The van der Waals surface area contributed by atoms with Crippen LogP contribution in [0.5, 0.6) is 0 Å². The van der Waals surface area contributed by atoms with Gasteiger partial charge < -0.3 is 10.2 Å². The molecule has 2 aromatic rings. The van der Waals surface area contributed by atoms with Crippen molar-refractivity contribution in [3.05, 3.63) is 70.2 Å². The van der Waals surface area contributed by atoms with Gasteiger partial charge in [-0.1, -0.05) is 23.7 Å². The second-order valence-electron chi connectivity index (χ2n) is 5.02. The Balaban J connectivity index is 2.42. The smallest absolute Gasteiger partial charge is 0.126 e. The number of rotatable bonds is 5. The first-order valence-electron chi connectivity index (χ1n) is 6.42. The fourth-order valence-electron chi connectivity index (χ4n) is 2.29. The maximum atomic E-state index is 13.8. The maximum Gasteiger partial charge on any atom is 0.126 e. The zero-order valence-electron chi connectivity index (χ0n) is 11.2. The van der Waals surface area contributed by atoms with Crippen LogP contribution in [0.1, 0.15) is 11.1 Å². The number of benzene rings is 2. The van der Waals surface area contributed by atoms with Crippen molar-refractivity contribution in [2.24, 2.45) is 0 Å². The maximum absolute atomic E-state index is 13.8. The molecule has 2 nitrogen and oxygen atoms in total. The van der Waals surface area contributed by atoms with Crippen LogP contribution in [0.3, 0.4) is 0 Å². The van der Waals surface area contributed by atoms with Gasteiger partial charge in [-0.05, 0) is 47.9 Å². The van der Waals surface area contributed by atoms with E-state index in [-0.39, 0.29) is 12.0 Å². The van der Waals surface area contributed by atoms with Crippen molar-refractivity contribution in [1.29, 1.82) is 0 Å². The molecule has 0 atom stereocenters. The van der Waals surface area contributed by atoms with Gasteiger partial charge in [0.15, 0.2) is 0 Å². The SMILES string of the molecule is OCC(CO)(Cc1cc(F)ccc1F)c1ccc(Cl)cc1. The molecule has 0 saturated carbocycles. The minimum absolute atomic E-state index is 0.0226. The summed E-state index contributed by atoms with van der Waals surface area (Å²) in [6, 6.07) is 9.70. The first-order valence-corrected chi connectivity index (χ1v) is 6.80. The Labute approximate surface area is 126 Å². The lowest BCUT2D eigenvalue weighted by Crippen LogP contribution is -2.37. The zero-order chi connectivity index (χ0) is 15.5. The van der Waals surface area contributed by atoms with Crippen molar-refractivity contribution < 1.29 is 19.0 Å². The monoisotopic (exact) mass is 312 g/mol. The van der Waals surface area contributed by atoms with Crippen molar-refractivity contribution in [2.45, 2.75) is 11.8 Å². The molecule has 0 spiro atoms. The molecule has 0 fully saturated rings. The molecule has 0 heterocycles. The molecule has 2 N–H and O–H groups in total. The Hall–Kier alpha value is -1.49. The van der Waals surface area contributed by atoms with E-state index in [0.29, 0.717) is 10.6 Å². The number of hydrogen-bond donors (Lipinski definition) is 2. The minimum Gasteiger partial charge on any atom is -0.395 e. The first-order chi connectivity index (χ1) is 10.0. The summed E-state index contributed by atoms with van der Waals surface area (Å²) in [4.78, 5) is 0. The first kappa shape index (κ1) is 15.9. The normalized spacial score (nSPS) is 11.7. The summed E-state index contributed by atoms with van der Waals surface area (Å²) in [6.07, 6.45) is -0.0226. The van der Waals surface area contributed by atoms with E-state index in [1.807, 2.05) is 0 Å². The topological polar surface area (TPSA) is 40.5 Å². The molecule has 2 aromatic carbocycles. The van der Waals surface area contributed by atoms with E-state index in [9.17, 15) is 19.0 Å². The average Bonchev–Trinajstić information content (AvgIpc) is 2.49. The molecule has 21 heavy (non-hydrogen) atoms. The fraction of sp³-hybridized carbons (Fsp3) is 0.250.